The first kappa shape index (κ1) is 15.3. The highest BCUT2D eigenvalue weighted by Crippen LogP contribution is 2.36. The van der Waals surface area contributed by atoms with Crippen molar-refractivity contribution >= 4 is 24.3 Å². The van der Waals surface area contributed by atoms with Gasteiger partial charge in [0.25, 0.3) is 0 Å². The summed E-state index contributed by atoms with van der Waals surface area (Å²) in [5.41, 5.74) is 0.554. The summed E-state index contributed by atoms with van der Waals surface area (Å²) in [7, 11) is -0.575. The fourth-order valence-electron chi connectivity index (χ4n) is 1.94. The van der Waals surface area contributed by atoms with Gasteiger partial charge in [0.05, 0.1) is 27.9 Å². The van der Waals surface area contributed by atoms with Crippen LogP contribution in [0, 0.1) is 11.3 Å². The van der Waals surface area contributed by atoms with Crippen LogP contribution in [-0.2, 0) is 15.7 Å². The molecule has 0 spiro atoms. The molecule has 1 saturated heterocycles. The minimum atomic E-state index is -0.575. The average molecular weight is 293 g/mol. The van der Waals surface area contributed by atoms with E-state index in [-0.39, 0.29) is 0 Å². The lowest BCUT2D eigenvalue weighted by atomic mass is 9.84. The minimum absolute atomic E-state index is 0.425. The lowest BCUT2D eigenvalue weighted by Crippen LogP contribution is -2.41. The molecule has 1 fully saturated rings. The molecule has 0 bridgehead atoms. The Kier molecular flexibility index (Phi) is 4.10. The van der Waals surface area contributed by atoms with Crippen LogP contribution in [-0.4, -0.2) is 23.3 Å². The van der Waals surface area contributed by atoms with Gasteiger partial charge in [-0.15, -0.1) is 0 Å². The van der Waals surface area contributed by atoms with Gasteiger partial charge in [-0.1, -0.05) is 11.6 Å². The van der Waals surface area contributed by atoms with E-state index in [1.807, 2.05) is 33.8 Å². The molecule has 0 unspecified atom stereocenters. The van der Waals surface area contributed by atoms with E-state index in [4.69, 9.17) is 26.2 Å². The van der Waals surface area contributed by atoms with Crippen LogP contribution in [0.1, 0.15) is 39.8 Å². The van der Waals surface area contributed by atoms with Gasteiger partial charge in [-0.3, -0.25) is 4.98 Å². The summed E-state index contributed by atoms with van der Waals surface area (Å²) in [5.74, 6) is 0. The second kappa shape index (κ2) is 5.36. The molecule has 0 saturated carbocycles. The van der Waals surface area contributed by atoms with Crippen molar-refractivity contribution in [3.05, 3.63) is 22.8 Å². The number of pyridine rings is 1. The first-order valence-corrected chi connectivity index (χ1v) is 7.02. The predicted octanol–water partition coefficient (Wildman–Crippen LogP) is 2.49. The van der Waals surface area contributed by atoms with E-state index in [1.165, 1.54) is 0 Å². The number of halogens is 1. The Morgan fingerprint density at radius 3 is 2.40 bits per heavy atom. The van der Waals surface area contributed by atoms with Crippen LogP contribution in [0.4, 0.5) is 0 Å². The third kappa shape index (κ3) is 2.83. The Morgan fingerprint density at radius 2 is 1.85 bits per heavy atom. The molecule has 1 aliphatic heterocycles. The van der Waals surface area contributed by atoms with Crippen molar-refractivity contribution in [1.29, 1.82) is 5.26 Å². The van der Waals surface area contributed by atoms with Crippen molar-refractivity contribution in [2.45, 2.75) is 51.7 Å². The van der Waals surface area contributed by atoms with Crippen LogP contribution < -0.4 is 5.59 Å². The lowest BCUT2D eigenvalue weighted by Gasteiger charge is -2.32. The second-order valence-corrected chi connectivity index (χ2v) is 6.32. The van der Waals surface area contributed by atoms with Gasteiger partial charge < -0.3 is 9.31 Å². The molecule has 1 aromatic rings. The van der Waals surface area contributed by atoms with Crippen molar-refractivity contribution < 1.29 is 9.31 Å². The van der Waals surface area contributed by atoms with E-state index in [9.17, 15) is 0 Å². The highest BCUT2D eigenvalue weighted by molar-refractivity contribution is 6.64. The maximum atomic E-state index is 8.65. The van der Waals surface area contributed by atoms with Crippen molar-refractivity contribution in [2.75, 3.05) is 0 Å². The van der Waals surface area contributed by atoms with E-state index in [1.54, 1.807) is 6.07 Å². The first-order chi connectivity index (χ1) is 9.27. The zero-order chi connectivity index (χ0) is 15.0. The van der Waals surface area contributed by atoms with Gasteiger partial charge in [-0.05, 0) is 39.8 Å². The molecular formula is C14H18BClN2O2. The maximum absolute atomic E-state index is 8.65. The predicted molar refractivity (Wildman–Crippen MR) is 78.9 cm³/mol. The topological polar surface area (TPSA) is 55.1 Å². The zero-order valence-corrected chi connectivity index (χ0v) is 13.0. The minimum Gasteiger partial charge on any atom is -0.398 e. The summed E-state index contributed by atoms with van der Waals surface area (Å²) in [6, 6.07) is 5.72. The molecule has 2 heterocycles. The number of hydrogen-bond acceptors (Lipinski definition) is 4. The van der Waals surface area contributed by atoms with Crippen LogP contribution >= 0.6 is 11.6 Å². The fraction of sp³-hybridized carbons (Fsp3) is 0.571. The molecule has 1 aromatic heterocycles. The fourth-order valence-corrected chi connectivity index (χ4v) is 2.14. The zero-order valence-electron chi connectivity index (χ0n) is 12.2. The summed E-state index contributed by atoms with van der Waals surface area (Å²) >= 11 is 6.21. The molecule has 0 N–H and O–H groups in total. The van der Waals surface area contributed by atoms with Crippen LogP contribution in [0.5, 0.6) is 0 Å². The molecular weight excluding hydrogens is 274 g/mol. The molecule has 0 radical (unpaired) electrons. The Morgan fingerprint density at radius 1 is 1.25 bits per heavy atom. The third-order valence-electron chi connectivity index (χ3n) is 3.90. The van der Waals surface area contributed by atoms with Gasteiger partial charge in [0.15, 0.2) is 0 Å². The number of aryl methyl sites for hydroxylation is 1. The standard InChI is InChI=1S/C14H18BClN2O2/c1-13(2)14(3,4)20-15(19-13)12-11(16)8-7-10(18-12)6-5-9-17/h7-8H,5-6H2,1-4H3. The summed E-state index contributed by atoms with van der Waals surface area (Å²) in [4.78, 5) is 4.49. The summed E-state index contributed by atoms with van der Waals surface area (Å²) in [5, 5.41) is 9.16. The van der Waals surface area contributed by atoms with Crippen LogP contribution in [0.3, 0.4) is 0 Å². The Balaban J connectivity index is 2.28. The van der Waals surface area contributed by atoms with Gasteiger partial charge >= 0.3 is 7.12 Å². The van der Waals surface area contributed by atoms with Crippen LogP contribution in [0.25, 0.3) is 0 Å². The van der Waals surface area contributed by atoms with Crippen molar-refractivity contribution in [2.24, 2.45) is 0 Å². The molecule has 1 aliphatic rings. The molecule has 0 aliphatic carbocycles. The number of nitriles is 1. The summed E-state index contributed by atoms with van der Waals surface area (Å²) < 4.78 is 11.9. The smallest absolute Gasteiger partial charge is 0.398 e. The normalized spacial score (nSPS) is 19.9. The lowest BCUT2D eigenvalue weighted by molar-refractivity contribution is 0.00578. The third-order valence-corrected chi connectivity index (χ3v) is 4.22. The molecule has 106 valence electrons. The number of rotatable bonds is 3. The van der Waals surface area contributed by atoms with Crippen LogP contribution in [0.2, 0.25) is 5.02 Å². The van der Waals surface area contributed by atoms with Crippen molar-refractivity contribution in [1.82, 2.24) is 4.98 Å². The molecule has 20 heavy (non-hydrogen) atoms. The highest BCUT2D eigenvalue weighted by Gasteiger charge is 2.52. The number of aromatic nitrogens is 1. The van der Waals surface area contributed by atoms with Crippen LogP contribution in [0.15, 0.2) is 12.1 Å². The number of nitrogens with zero attached hydrogens (tertiary/aromatic N) is 2. The van der Waals surface area contributed by atoms with E-state index >= 15 is 0 Å². The van der Waals surface area contributed by atoms with E-state index in [0.717, 1.165) is 5.69 Å². The van der Waals surface area contributed by atoms with Gasteiger partial charge in [-0.2, -0.15) is 5.26 Å². The Hall–Kier alpha value is -1.09. The average Bonchev–Trinajstić information content (AvgIpc) is 2.57. The molecule has 4 nitrogen and oxygen atoms in total. The number of hydrogen-bond donors (Lipinski definition) is 0. The van der Waals surface area contributed by atoms with E-state index in [2.05, 4.69) is 11.1 Å². The second-order valence-electron chi connectivity index (χ2n) is 5.92. The van der Waals surface area contributed by atoms with Gasteiger partial charge in [0.2, 0.25) is 0 Å². The summed E-state index contributed by atoms with van der Waals surface area (Å²) in [6.07, 6.45) is 1.03. The first-order valence-electron chi connectivity index (χ1n) is 6.65. The molecule has 0 aromatic carbocycles. The maximum Gasteiger partial charge on any atom is 0.516 e. The van der Waals surface area contributed by atoms with E-state index in [0.29, 0.717) is 23.5 Å². The Labute approximate surface area is 125 Å². The largest absolute Gasteiger partial charge is 0.516 e. The van der Waals surface area contributed by atoms with Crippen molar-refractivity contribution in [3.8, 4) is 6.07 Å². The molecule has 0 atom stereocenters. The van der Waals surface area contributed by atoms with Gasteiger partial charge in [0.1, 0.15) is 0 Å². The van der Waals surface area contributed by atoms with E-state index < -0.39 is 18.3 Å². The summed E-state index contributed by atoms with van der Waals surface area (Å²) in [6.45, 7) is 7.95. The van der Waals surface area contributed by atoms with Crippen molar-refractivity contribution in [3.63, 3.8) is 0 Å². The highest BCUT2D eigenvalue weighted by atomic mass is 35.5. The van der Waals surface area contributed by atoms with Gasteiger partial charge in [0, 0.05) is 18.5 Å². The molecule has 0 amide bonds. The van der Waals surface area contributed by atoms with Gasteiger partial charge in [-0.25, -0.2) is 0 Å². The monoisotopic (exact) mass is 292 g/mol. The SMILES string of the molecule is CC1(C)OB(c2nc(CCC#N)ccc2Cl)OC1(C)C. The quantitative estimate of drug-likeness (QED) is 0.803. The molecule has 6 heteroatoms. The Bertz CT molecular complexity index is 539. The molecule has 2 rings (SSSR count).